The van der Waals surface area contributed by atoms with E-state index in [2.05, 4.69) is 5.32 Å². The molecule has 5 nitrogen and oxygen atoms in total. The highest BCUT2D eigenvalue weighted by Crippen LogP contribution is 2.19. The molecule has 1 N–H and O–H groups in total. The Hall–Kier alpha value is -3.75. The molecule has 2 aromatic carbocycles. The van der Waals surface area contributed by atoms with Gasteiger partial charge in [-0.25, -0.2) is 0 Å². The Morgan fingerprint density at radius 2 is 1.52 bits per heavy atom. The van der Waals surface area contributed by atoms with Crippen LogP contribution in [0.5, 0.6) is 5.75 Å². The number of anilines is 1. The van der Waals surface area contributed by atoms with Crippen molar-refractivity contribution in [3.05, 3.63) is 71.4 Å². The molecule has 0 unspecified atom stereocenters. The predicted molar refractivity (Wildman–Crippen MR) is 84.7 cm³/mol. The van der Waals surface area contributed by atoms with E-state index >= 15 is 0 Å². The van der Waals surface area contributed by atoms with Crippen LogP contribution in [0.4, 0.5) is 5.69 Å². The van der Waals surface area contributed by atoms with Crippen LogP contribution in [0.3, 0.4) is 0 Å². The Bertz CT molecular complexity index is 803. The molecule has 0 amide bonds. The monoisotopic (exact) mass is 300 g/mol. The first-order valence-electron chi connectivity index (χ1n) is 6.75. The molecule has 0 aromatic heterocycles. The SMILES string of the molecule is N#CC(C#N)=C(C#N)Nc1ccc(OCc2ccccc2)cc1. The zero-order valence-corrected chi connectivity index (χ0v) is 12.2. The zero-order valence-electron chi connectivity index (χ0n) is 12.2. The molecule has 0 heterocycles. The minimum absolute atomic E-state index is 0.0760. The van der Waals surface area contributed by atoms with Gasteiger partial charge < -0.3 is 10.1 Å². The molecule has 0 saturated carbocycles. The lowest BCUT2D eigenvalue weighted by molar-refractivity contribution is 0.306. The molecule has 110 valence electrons. The van der Waals surface area contributed by atoms with Gasteiger partial charge in [-0.15, -0.1) is 0 Å². The maximum Gasteiger partial charge on any atom is 0.163 e. The summed E-state index contributed by atoms with van der Waals surface area (Å²) in [5, 5.41) is 29.3. The van der Waals surface area contributed by atoms with Gasteiger partial charge in [0.05, 0.1) is 0 Å². The summed E-state index contributed by atoms with van der Waals surface area (Å²) in [5.74, 6) is 0.683. The molecule has 0 aliphatic carbocycles. The first-order chi connectivity index (χ1) is 11.3. The van der Waals surface area contributed by atoms with Crippen LogP contribution in [-0.4, -0.2) is 0 Å². The third-order valence-electron chi connectivity index (χ3n) is 2.96. The van der Waals surface area contributed by atoms with Crippen molar-refractivity contribution in [2.75, 3.05) is 5.32 Å². The van der Waals surface area contributed by atoms with E-state index in [4.69, 9.17) is 20.5 Å². The Balaban J connectivity index is 2.03. The standard InChI is InChI=1S/C18H12N4O/c19-10-15(11-20)18(12-21)22-16-6-8-17(9-7-16)23-13-14-4-2-1-3-5-14/h1-9,22H,13H2. The number of rotatable bonds is 5. The second kappa shape index (κ2) is 7.88. The molecular weight excluding hydrogens is 288 g/mol. The van der Waals surface area contributed by atoms with Crippen LogP contribution in [-0.2, 0) is 6.61 Å². The minimum Gasteiger partial charge on any atom is -0.489 e. The third-order valence-corrected chi connectivity index (χ3v) is 2.96. The molecule has 0 radical (unpaired) electrons. The van der Waals surface area contributed by atoms with E-state index in [0.717, 1.165) is 5.56 Å². The summed E-state index contributed by atoms with van der Waals surface area (Å²) >= 11 is 0. The van der Waals surface area contributed by atoms with Crippen molar-refractivity contribution in [3.63, 3.8) is 0 Å². The number of nitriles is 3. The van der Waals surface area contributed by atoms with Crippen molar-refractivity contribution in [2.45, 2.75) is 6.61 Å². The first kappa shape index (κ1) is 15.6. The highest BCUT2D eigenvalue weighted by atomic mass is 16.5. The predicted octanol–water partition coefficient (Wildman–Crippen LogP) is 3.50. The fourth-order valence-electron chi connectivity index (χ4n) is 1.80. The number of hydrogen-bond donors (Lipinski definition) is 1. The number of nitrogens with one attached hydrogen (secondary N) is 1. The average Bonchev–Trinajstić information content (AvgIpc) is 2.62. The third kappa shape index (κ3) is 4.36. The quantitative estimate of drug-likeness (QED) is 0.853. The number of hydrogen-bond acceptors (Lipinski definition) is 5. The summed E-state index contributed by atoms with van der Waals surface area (Å²) in [6.07, 6.45) is 0. The van der Waals surface area contributed by atoms with Crippen LogP contribution in [0.15, 0.2) is 65.9 Å². The maximum atomic E-state index is 8.99. The lowest BCUT2D eigenvalue weighted by atomic mass is 10.2. The topological polar surface area (TPSA) is 92.6 Å². The zero-order chi connectivity index (χ0) is 16.5. The van der Waals surface area contributed by atoms with Gasteiger partial charge in [-0.1, -0.05) is 30.3 Å². The van der Waals surface area contributed by atoms with E-state index in [1.54, 1.807) is 42.5 Å². The van der Waals surface area contributed by atoms with Crippen molar-refractivity contribution in [3.8, 4) is 24.0 Å². The normalized spacial score (nSPS) is 8.91. The van der Waals surface area contributed by atoms with Gasteiger partial charge >= 0.3 is 0 Å². The highest BCUT2D eigenvalue weighted by Gasteiger charge is 2.06. The van der Waals surface area contributed by atoms with Gasteiger partial charge in [0.1, 0.15) is 36.3 Å². The van der Waals surface area contributed by atoms with E-state index in [-0.39, 0.29) is 11.3 Å². The molecule has 2 aromatic rings. The molecular formula is C18H12N4O. The molecule has 0 fully saturated rings. The van der Waals surface area contributed by atoms with Crippen LogP contribution in [0.2, 0.25) is 0 Å². The molecule has 0 aliphatic rings. The number of benzene rings is 2. The van der Waals surface area contributed by atoms with E-state index in [9.17, 15) is 0 Å². The molecule has 2 rings (SSSR count). The highest BCUT2D eigenvalue weighted by molar-refractivity contribution is 5.58. The largest absolute Gasteiger partial charge is 0.489 e. The van der Waals surface area contributed by atoms with Gasteiger partial charge in [0, 0.05) is 5.69 Å². The smallest absolute Gasteiger partial charge is 0.163 e. The number of nitrogens with zero attached hydrogens (tertiary/aromatic N) is 3. The Kier molecular flexibility index (Phi) is 5.36. The lowest BCUT2D eigenvalue weighted by Gasteiger charge is -2.08. The van der Waals surface area contributed by atoms with Crippen LogP contribution >= 0.6 is 0 Å². The Labute approximate surface area is 134 Å². The fraction of sp³-hybridized carbons (Fsp3) is 0.0556. The summed E-state index contributed by atoms with van der Waals surface area (Å²) in [5.41, 5.74) is 1.33. The van der Waals surface area contributed by atoms with E-state index in [0.29, 0.717) is 18.0 Å². The molecule has 0 saturated heterocycles. The Morgan fingerprint density at radius 1 is 0.870 bits per heavy atom. The van der Waals surface area contributed by atoms with Crippen LogP contribution < -0.4 is 10.1 Å². The Morgan fingerprint density at radius 3 is 2.09 bits per heavy atom. The number of ether oxygens (including phenoxy) is 1. The van der Waals surface area contributed by atoms with E-state index in [1.807, 2.05) is 30.3 Å². The average molecular weight is 300 g/mol. The van der Waals surface area contributed by atoms with Crippen molar-refractivity contribution >= 4 is 5.69 Å². The van der Waals surface area contributed by atoms with Gasteiger partial charge in [-0.2, -0.15) is 15.8 Å². The van der Waals surface area contributed by atoms with Crippen molar-refractivity contribution in [1.29, 1.82) is 15.8 Å². The van der Waals surface area contributed by atoms with E-state index in [1.165, 1.54) is 0 Å². The second-order valence-electron chi connectivity index (χ2n) is 4.51. The summed E-state index contributed by atoms with van der Waals surface area (Å²) < 4.78 is 5.66. The first-order valence-corrected chi connectivity index (χ1v) is 6.75. The summed E-state index contributed by atoms with van der Waals surface area (Å²) in [6, 6.07) is 21.9. The van der Waals surface area contributed by atoms with Crippen molar-refractivity contribution in [1.82, 2.24) is 0 Å². The van der Waals surface area contributed by atoms with Gasteiger partial charge in [0.15, 0.2) is 5.57 Å². The van der Waals surface area contributed by atoms with Gasteiger partial charge in [0.25, 0.3) is 0 Å². The van der Waals surface area contributed by atoms with E-state index < -0.39 is 0 Å². The minimum atomic E-state index is -0.253. The maximum absolute atomic E-state index is 8.99. The van der Waals surface area contributed by atoms with Gasteiger partial charge in [-0.3, -0.25) is 0 Å². The van der Waals surface area contributed by atoms with Gasteiger partial charge in [0.2, 0.25) is 0 Å². The van der Waals surface area contributed by atoms with Crippen molar-refractivity contribution in [2.24, 2.45) is 0 Å². The molecule has 0 atom stereocenters. The molecule has 0 spiro atoms. The lowest BCUT2D eigenvalue weighted by Crippen LogP contribution is -2.00. The summed E-state index contributed by atoms with van der Waals surface area (Å²) in [4.78, 5) is 0. The van der Waals surface area contributed by atoms with Crippen LogP contribution in [0, 0.1) is 34.0 Å². The summed E-state index contributed by atoms with van der Waals surface area (Å²) in [7, 11) is 0. The van der Waals surface area contributed by atoms with Crippen LogP contribution in [0.1, 0.15) is 5.56 Å². The fourth-order valence-corrected chi connectivity index (χ4v) is 1.80. The molecule has 0 bridgehead atoms. The van der Waals surface area contributed by atoms with Gasteiger partial charge in [-0.05, 0) is 29.8 Å². The number of allylic oxidation sites excluding steroid dienone is 2. The molecule has 23 heavy (non-hydrogen) atoms. The second-order valence-corrected chi connectivity index (χ2v) is 4.51. The summed E-state index contributed by atoms with van der Waals surface area (Å²) in [6.45, 7) is 0.462. The molecule has 5 heteroatoms. The van der Waals surface area contributed by atoms with Crippen LogP contribution in [0.25, 0.3) is 0 Å². The molecule has 0 aliphatic heterocycles. The van der Waals surface area contributed by atoms with Crippen molar-refractivity contribution < 1.29 is 4.74 Å².